The van der Waals surface area contributed by atoms with Crippen molar-refractivity contribution in [1.82, 2.24) is 10.2 Å². The van der Waals surface area contributed by atoms with E-state index in [-0.39, 0.29) is 5.91 Å². The molecule has 1 amide bonds. The minimum atomic E-state index is 0.0615. The Bertz CT molecular complexity index is 476. The van der Waals surface area contributed by atoms with Gasteiger partial charge in [-0.3, -0.25) is 4.79 Å². The number of carbonyl (C=O) groups is 1. The Morgan fingerprint density at radius 2 is 2.05 bits per heavy atom. The Morgan fingerprint density at radius 3 is 2.58 bits per heavy atom. The fourth-order valence-electron chi connectivity index (χ4n) is 3.40. The van der Waals surface area contributed by atoms with Crippen LogP contribution in [-0.4, -0.2) is 37.0 Å². The van der Waals surface area contributed by atoms with Crippen molar-refractivity contribution in [3.8, 4) is 0 Å². The van der Waals surface area contributed by atoms with Gasteiger partial charge in [-0.05, 0) is 51.1 Å². The van der Waals surface area contributed by atoms with Gasteiger partial charge in [0.1, 0.15) is 5.76 Å². The monoisotopic (exact) mass is 262 g/mol. The van der Waals surface area contributed by atoms with E-state index in [0.29, 0.717) is 11.2 Å². The highest BCUT2D eigenvalue weighted by Gasteiger charge is 2.38. The number of nitrogens with zero attached hydrogens (tertiary/aromatic N) is 1. The number of piperidine rings is 1. The number of amides is 1. The highest BCUT2D eigenvalue weighted by Crippen LogP contribution is 2.37. The topological polar surface area (TPSA) is 45.5 Å². The zero-order chi connectivity index (χ0) is 13.5. The van der Waals surface area contributed by atoms with Gasteiger partial charge < -0.3 is 14.6 Å². The highest BCUT2D eigenvalue weighted by molar-refractivity contribution is 5.93. The van der Waals surface area contributed by atoms with Crippen LogP contribution < -0.4 is 5.32 Å². The van der Waals surface area contributed by atoms with Gasteiger partial charge in [0.05, 0.1) is 0 Å². The SMILES string of the molecule is Cc1cc(C)c(C(=O)N2CCC3(CCNC3)CC2)o1. The first-order valence-corrected chi connectivity index (χ1v) is 7.17. The molecule has 104 valence electrons. The summed E-state index contributed by atoms with van der Waals surface area (Å²) in [6.07, 6.45) is 3.49. The van der Waals surface area contributed by atoms with Crippen molar-refractivity contribution in [3.63, 3.8) is 0 Å². The Hall–Kier alpha value is -1.29. The molecule has 0 atom stereocenters. The summed E-state index contributed by atoms with van der Waals surface area (Å²) in [5.41, 5.74) is 1.40. The fraction of sp³-hybridized carbons (Fsp3) is 0.667. The summed E-state index contributed by atoms with van der Waals surface area (Å²) in [7, 11) is 0. The van der Waals surface area contributed by atoms with Crippen molar-refractivity contribution in [2.45, 2.75) is 33.1 Å². The van der Waals surface area contributed by atoms with E-state index in [4.69, 9.17) is 4.42 Å². The third-order valence-electron chi connectivity index (χ3n) is 4.68. The van der Waals surface area contributed by atoms with Crippen molar-refractivity contribution < 1.29 is 9.21 Å². The van der Waals surface area contributed by atoms with Crippen LogP contribution in [0.15, 0.2) is 10.5 Å². The Kier molecular flexibility index (Phi) is 3.13. The standard InChI is InChI=1S/C15H22N2O2/c1-11-9-12(2)19-13(11)14(18)17-7-4-15(5-8-17)3-6-16-10-15/h9,16H,3-8,10H2,1-2H3. The molecule has 3 heterocycles. The van der Waals surface area contributed by atoms with Crippen LogP contribution in [-0.2, 0) is 0 Å². The molecule has 2 aliphatic heterocycles. The number of likely N-dealkylation sites (tertiary alicyclic amines) is 1. The average Bonchev–Trinajstić information content (AvgIpc) is 2.97. The predicted molar refractivity (Wildman–Crippen MR) is 73.2 cm³/mol. The third-order valence-corrected chi connectivity index (χ3v) is 4.68. The van der Waals surface area contributed by atoms with Gasteiger partial charge in [0, 0.05) is 25.2 Å². The highest BCUT2D eigenvalue weighted by atomic mass is 16.4. The summed E-state index contributed by atoms with van der Waals surface area (Å²) in [5.74, 6) is 1.40. The second kappa shape index (κ2) is 4.67. The minimum absolute atomic E-state index is 0.0615. The first-order chi connectivity index (χ1) is 9.10. The molecule has 0 aromatic carbocycles. The zero-order valence-corrected chi connectivity index (χ0v) is 11.8. The Balaban J connectivity index is 1.68. The van der Waals surface area contributed by atoms with E-state index in [1.807, 2.05) is 24.8 Å². The first-order valence-electron chi connectivity index (χ1n) is 7.17. The molecule has 1 aromatic heterocycles. The van der Waals surface area contributed by atoms with Gasteiger partial charge in [0.2, 0.25) is 0 Å². The molecular formula is C15H22N2O2. The van der Waals surface area contributed by atoms with Crippen LogP contribution in [0.5, 0.6) is 0 Å². The van der Waals surface area contributed by atoms with E-state index < -0.39 is 0 Å². The summed E-state index contributed by atoms with van der Waals surface area (Å²) in [5, 5.41) is 3.45. The lowest BCUT2D eigenvalue weighted by molar-refractivity contribution is 0.0575. The van der Waals surface area contributed by atoms with Gasteiger partial charge in [-0.1, -0.05) is 0 Å². The van der Waals surface area contributed by atoms with Crippen LogP contribution in [0.1, 0.15) is 41.1 Å². The van der Waals surface area contributed by atoms with Crippen molar-refractivity contribution in [2.24, 2.45) is 5.41 Å². The smallest absolute Gasteiger partial charge is 0.289 e. The number of furan rings is 1. The van der Waals surface area contributed by atoms with E-state index in [9.17, 15) is 4.79 Å². The number of carbonyl (C=O) groups excluding carboxylic acids is 1. The number of hydrogen-bond donors (Lipinski definition) is 1. The molecule has 0 saturated carbocycles. The van der Waals surface area contributed by atoms with Crippen molar-refractivity contribution in [3.05, 3.63) is 23.2 Å². The summed E-state index contributed by atoms with van der Waals surface area (Å²) < 4.78 is 5.54. The number of hydrogen-bond acceptors (Lipinski definition) is 3. The van der Waals surface area contributed by atoms with Crippen LogP contribution in [0.2, 0.25) is 0 Å². The lowest BCUT2D eigenvalue weighted by Crippen LogP contribution is -2.44. The van der Waals surface area contributed by atoms with Gasteiger partial charge in [0.25, 0.3) is 5.91 Å². The second-order valence-electron chi connectivity index (χ2n) is 6.09. The summed E-state index contributed by atoms with van der Waals surface area (Å²) >= 11 is 0. The maximum Gasteiger partial charge on any atom is 0.289 e. The molecule has 4 heteroatoms. The molecule has 0 radical (unpaired) electrons. The zero-order valence-electron chi connectivity index (χ0n) is 11.8. The number of nitrogens with one attached hydrogen (secondary N) is 1. The molecular weight excluding hydrogens is 240 g/mol. The van der Waals surface area contributed by atoms with Gasteiger partial charge in [0.15, 0.2) is 5.76 Å². The molecule has 19 heavy (non-hydrogen) atoms. The molecule has 3 rings (SSSR count). The van der Waals surface area contributed by atoms with Crippen LogP contribution >= 0.6 is 0 Å². The lowest BCUT2D eigenvalue weighted by atomic mass is 9.78. The van der Waals surface area contributed by atoms with Crippen molar-refractivity contribution in [1.29, 1.82) is 0 Å². The minimum Gasteiger partial charge on any atom is -0.456 e. The largest absolute Gasteiger partial charge is 0.456 e. The van der Waals surface area contributed by atoms with Crippen LogP contribution in [0.3, 0.4) is 0 Å². The Labute approximate surface area is 114 Å². The Morgan fingerprint density at radius 1 is 1.32 bits per heavy atom. The lowest BCUT2D eigenvalue weighted by Gasteiger charge is -2.38. The summed E-state index contributed by atoms with van der Waals surface area (Å²) in [6, 6.07) is 1.93. The normalized spacial score (nSPS) is 22.1. The van der Waals surface area contributed by atoms with E-state index >= 15 is 0 Å². The third kappa shape index (κ3) is 2.29. The molecule has 0 aliphatic carbocycles. The van der Waals surface area contributed by atoms with Gasteiger partial charge in [-0.25, -0.2) is 0 Å². The molecule has 1 aromatic rings. The molecule has 1 spiro atoms. The molecule has 4 nitrogen and oxygen atoms in total. The number of aryl methyl sites for hydroxylation is 2. The van der Waals surface area contributed by atoms with Crippen molar-refractivity contribution >= 4 is 5.91 Å². The number of rotatable bonds is 1. The van der Waals surface area contributed by atoms with Crippen LogP contribution in [0.4, 0.5) is 0 Å². The quantitative estimate of drug-likeness (QED) is 0.843. The molecule has 0 unspecified atom stereocenters. The molecule has 2 saturated heterocycles. The molecule has 2 fully saturated rings. The van der Waals surface area contributed by atoms with Gasteiger partial charge in [-0.2, -0.15) is 0 Å². The summed E-state index contributed by atoms with van der Waals surface area (Å²) in [4.78, 5) is 14.4. The predicted octanol–water partition coefficient (Wildman–Crippen LogP) is 2.11. The van der Waals surface area contributed by atoms with E-state index in [1.54, 1.807) is 0 Å². The van der Waals surface area contributed by atoms with Crippen LogP contribution in [0, 0.1) is 19.3 Å². The van der Waals surface area contributed by atoms with E-state index in [2.05, 4.69) is 5.32 Å². The average molecular weight is 262 g/mol. The van der Waals surface area contributed by atoms with E-state index in [1.165, 1.54) is 6.42 Å². The van der Waals surface area contributed by atoms with E-state index in [0.717, 1.165) is 50.3 Å². The first kappa shape index (κ1) is 12.7. The molecule has 1 N–H and O–H groups in total. The van der Waals surface area contributed by atoms with Gasteiger partial charge in [-0.15, -0.1) is 0 Å². The maximum absolute atomic E-state index is 12.5. The van der Waals surface area contributed by atoms with Gasteiger partial charge >= 0.3 is 0 Å². The molecule has 0 bridgehead atoms. The summed E-state index contributed by atoms with van der Waals surface area (Å²) in [6.45, 7) is 7.80. The fourth-order valence-corrected chi connectivity index (χ4v) is 3.40. The van der Waals surface area contributed by atoms with Crippen molar-refractivity contribution in [2.75, 3.05) is 26.2 Å². The maximum atomic E-state index is 12.5. The molecule has 2 aliphatic rings. The second-order valence-corrected chi connectivity index (χ2v) is 6.09. The van der Waals surface area contributed by atoms with Crippen LogP contribution in [0.25, 0.3) is 0 Å².